The van der Waals surface area contributed by atoms with Crippen LogP contribution in [0.1, 0.15) is 16.1 Å². The molecule has 1 aromatic heterocycles. The Balaban J connectivity index is 1.89. The van der Waals surface area contributed by atoms with Gasteiger partial charge in [0.05, 0.1) is 12.0 Å². The molecule has 0 radical (unpaired) electrons. The van der Waals surface area contributed by atoms with Crippen LogP contribution in [0, 0.1) is 0 Å². The monoisotopic (exact) mass is 379 g/mol. The van der Waals surface area contributed by atoms with E-state index in [1.54, 1.807) is 18.2 Å². The molecule has 1 aromatic carbocycles. The Labute approximate surface area is 150 Å². The second-order valence-corrected chi connectivity index (χ2v) is 7.40. The summed E-state index contributed by atoms with van der Waals surface area (Å²) in [6, 6.07) is 9.06. The number of nitrogens with zero attached hydrogens (tertiary/aromatic N) is 2. The first-order valence-corrected chi connectivity index (χ1v) is 9.11. The molecule has 2 N–H and O–H groups in total. The van der Waals surface area contributed by atoms with Gasteiger partial charge in [-0.25, -0.2) is 18.9 Å². The summed E-state index contributed by atoms with van der Waals surface area (Å²) < 4.78 is 37.6. The van der Waals surface area contributed by atoms with Crippen LogP contribution in [-0.2, 0) is 16.6 Å². The molecule has 9 nitrogen and oxygen atoms in total. The predicted octanol–water partition coefficient (Wildman–Crippen LogP) is 0.792. The summed E-state index contributed by atoms with van der Waals surface area (Å²) in [6.07, 6.45) is 0. The number of ether oxygens (including phenoxy) is 2. The van der Waals surface area contributed by atoms with E-state index in [4.69, 9.17) is 14.7 Å². The number of amides is 1. The van der Waals surface area contributed by atoms with E-state index >= 15 is 0 Å². The van der Waals surface area contributed by atoms with Crippen molar-refractivity contribution >= 4 is 15.9 Å². The van der Waals surface area contributed by atoms with E-state index in [0.29, 0.717) is 11.3 Å². The highest BCUT2D eigenvalue weighted by atomic mass is 32.2. The zero-order chi connectivity index (χ0) is 18.7. The van der Waals surface area contributed by atoms with Gasteiger partial charge in [-0.2, -0.15) is 4.31 Å². The number of hydrogen-bond acceptors (Lipinski definition) is 7. The summed E-state index contributed by atoms with van der Waals surface area (Å²) in [5.74, 6) is -0.0470. The lowest BCUT2D eigenvalue weighted by Gasteiger charge is -2.19. The highest BCUT2D eigenvalue weighted by Gasteiger charge is 2.28. The van der Waals surface area contributed by atoms with Crippen LogP contribution in [0.2, 0.25) is 0 Å². The SMILES string of the molecule is COc1ccc(S(=O)(=O)N2CCOc3nc(C(=O)NO)ccc3C2)cc1. The highest BCUT2D eigenvalue weighted by Crippen LogP contribution is 2.26. The van der Waals surface area contributed by atoms with Crippen LogP contribution >= 0.6 is 0 Å². The molecule has 1 aliphatic rings. The second kappa shape index (κ2) is 7.28. The van der Waals surface area contributed by atoms with Crippen molar-refractivity contribution in [2.45, 2.75) is 11.4 Å². The van der Waals surface area contributed by atoms with E-state index in [0.717, 1.165) is 0 Å². The minimum Gasteiger partial charge on any atom is -0.497 e. The molecule has 0 aliphatic carbocycles. The van der Waals surface area contributed by atoms with Crippen molar-refractivity contribution in [3.05, 3.63) is 47.7 Å². The molecule has 2 aromatic rings. The van der Waals surface area contributed by atoms with Gasteiger partial charge in [0.25, 0.3) is 5.91 Å². The number of carbonyl (C=O) groups is 1. The fourth-order valence-electron chi connectivity index (χ4n) is 2.51. The molecule has 1 aliphatic heterocycles. The second-order valence-electron chi connectivity index (χ2n) is 5.46. The first-order chi connectivity index (χ1) is 12.5. The van der Waals surface area contributed by atoms with E-state index in [1.165, 1.54) is 35.1 Å². The number of fused-ring (bicyclic) bond motifs is 1. The zero-order valence-electron chi connectivity index (χ0n) is 13.9. The number of aromatic nitrogens is 1. The summed E-state index contributed by atoms with van der Waals surface area (Å²) in [4.78, 5) is 15.6. The molecule has 0 bridgehead atoms. The molecule has 10 heteroatoms. The number of benzene rings is 1. The molecule has 0 spiro atoms. The number of pyridine rings is 1. The van der Waals surface area contributed by atoms with Gasteiger partial charge < -0.3 is 9.47 Å². The molecule has 3 rings (SSSR count). The molecule has 0 atom stereocenters. The third kappa shape index (κ3) is 3.47. The van der Waals surface area contributed by atoms with Crippen LogP contribution in [0.15, 0.2) is 41.3 Å². The van der Waals surface area contributed by atoms with Crippen molar-refractivity contribution in [1.29, 1.82) is 0 Å². The van der Waals surface area contributed by atoms with Crippen LogP contribution in [0.4, 0.5) is 0 Å². The van der Waals surface area contributed by atoms with E-state index in [1.807, 2.05) is 0 Å². The summed E-state index contributed by atoms with van der Waals surface area (Å²) in [5.41, 5.74) is 1.99. The largest absolute Gasteiger partial charge is 0.497 e. The minimum atomic E-state index is -3.73. The molecule has 26 heavy (non-hydrogen) atoms. The molecule has 0 saturated heterocycles. The molecule has 138 valence electrons. The van der Waals surface area contributed by atoms with Crippen molar-refractivity contribution in [1.82, 2.24) is 14.8 Å². The van der Waals surface area contributed by atoms with E-state index in [9.17, 15) is 13.2 Å². The smallest absolute Gasteiger partial charge is 0.293 e. The van der Waals surface area contributed by atoms with Gasteiger partial charge in [0, 0.05) is 18.7 Å². The Kier molecular flexibility index (Phi) is 5.07. The third-order valence-corrected chi connectivity index (χ3v) is 5.76. The molecule has 2 heterocycles. The summed E-state index contributed by atoms with van der Waals surface area (Å²) >= 11 is 0. The molecular formula is C16H17N3O6S. The van der Waals surface area contributed by atoms with Crippen LogP contribution in [0.25, 0.3) is 0 Å². The average molecular weight is 379 g/mol. The molecule has 0 fully saturated rings. The van der Waals surface area contributed by atoms with Gasteiger partial charge in [0.15, 0.2) is 0 Å². The molecule has 0 unspecified atom stereocenters. The fourth-order valence-corrected chi connectivity index (χ4v) is 3.92. The Bertz CT molecular complexity index is 914. The quantitative estimate of drug-likeness (QED) is 0.596. The Morgan fingerprint density at radius 3 is 2.65 bits per heavy atom. The van der Waals surface area contributed by atoms with Crippen molar-refractivity contribution in [3.63, 3.8) is 0 Å². The summed E-state index contributed by atoms with van der Waals surface area (Å²) in [5, 5.41) is 8.68. The number of nitrogens with one attached hydrogen (secondary N) is 1. The van der Waals surface area contributed by atoms with Crippen LogP contribution in [-0.4, -0.2) is 49.1 Å². The van der Waals surface area contributed by atoms with E-state index < -0.39 is 15.9 Å². The predicted molar refractivity (Wildman–Crippen MR) is 89.6 cm³/mol. The number of hydroxylamine groups is 1. The zero-order valence-corrected chi connectivity index (χ0v) is 14.7. The average Bonchev–Trinajstić information content (AvgIpc) is 2.89. The lowest BCUT2D eigenvalue weighted by molar-refractivity contribution is 0.0699. The number of methoxy groups -OCH3 is 1. The Hall–Kier alpha value is -2.69. The maximum absolute atomic E-state index is 12.9. The van der Waals surface area contributed by atoms with Gasteiger partial charge in [0.2, 0.25) is 15.9 Å². The van der Waals surface area contributed by atoms with Crippen LogP contribution in [0.5, 0.6) is 11.6 Å². The maximum atomic E-state index is 12.9. The van der Waals surface area contributed by atoms with Crippen molar-refractivity contribution < 1.29 is 27.9 Å². The lowest BCUT2D eigenvalue weighted by atomic mass is 10.2. The number of rotatable bonds is 4. The van der Waals surface area contributed by atoms with Crippen LogP contribution < -0.4 is 15.0 Å². The van der Waals surface area contributed by atoms with E-state index in [2.05, 4.69) is 4.98 Å². The maximum Gasteiger partial charge on any atom is 0.293 e. The number of hydrogen-bond donors (Lipinski definition) is 2. The third-order valence-electron chi connectivity index (χ3n) is 3.90. The van der Waals surface area contributed by atoms with Crippen molar-refractivity contribution in [2.75, 3.05) is 20.3 Å². The van der Waals surface area contributed by atoms with Crippen molar-refractivity contribution in [2.24, 2.45) is 0 Å². The van der Waals surface area contributed by atoms with Crippen molar-refractivity contribution in [3.8, 4) is 11.6 Å². The van der Waals surface area contributed by atoms with Gasteiger partial charge >= 0.3 is 0 Å². The van der Waals surface area contributed by atoms with Crippen LogP contribution in [0.3, 0.4) is 0 Å². The first kappa shape index (κ1) is 18.1. The summed E-state index contributed by atoms with van der Waals surface area (Å²) in [6.45, 7) is 0.267. The molecular weight excluding hydrogens is 362 g/mol. The standard InChI is InChI=1S/C16H17N3O6S/c1-24-12-3-5-13(6-4-12)26(22,23)19-8-9-25-16-11(10-19)2-7-14(17-16)15(20)18-21/h2-7,21H,8-10H2,1H3,(H,18,20). The number of carbonyl (C=O) groups excluding carboxylic acids is 1. The topological polar surface area (TPSA) is 118 Å². The Morgan fingerprint density at radius 2 is 2.00 bits per heavy atom. The normalized spacial score (nSPS) is 14.7. The Morgan fingerprint density at radius 1 is 1.27 bits per heavy atom. The van der Waals surface area contributed by atoms with Gasteiger partial charge in [-0.3, -0.25) is 10.0 Å². The highest BCUT2D eigenvalue weighted by molar-refractivity contribution is 7.89. The molecule has 0 saturated carbocycles. The minimum absolute atomic E-state index is 0.0299. The van der Waals surface area contributed by atoms with E-state index in [-0.39, 0.29) is 36.2 Å². The van der Waals surface area contributed by atoms with Gasteiger partial charge in [-0.05, 0) is 36.4 Å². The van der Waals surface area contributed by atoms with Gasteiger partial charge in [-0.15, -0.1) is 0 Å². The first-order valence-electron chi connectivity index (χ1n) is 7.67. The lowest BCUT2D eigenvalue weighted by Crippen LogP contribution is -2.32. The molecule has 1 amide bonds. The summed E-state index contributed by atoms with van der Waals surface area (Å²) in [7, 11) is -2.23. The fraction of sp³-hybridized carbons (Fsp3) is 0.250. The van der Waals surface area contributed by atoms with Gasteiger partial charge in [-0.1, -0.05) is 0 Å². The van der Waals surface area contributed by atoms with Gasteiger partial charge in [0.1, 0.15) is 18.1 Å². The number of sulfonamides is 1.